The van der Waals surface area contributed by atoms with Gasteiger partial charge in [-0.15, -0.1) is 10.2 Å². The van der Waals surface area contributed by atoms with E-state index < -0.39 is 5.41 Å². The Labute approximate surface area is 262 Å². The van der Waals surface area contributed by atoms with Gasteiger partial charge in [0, 0.05) is 43.7 Å². The maximum Gasteiger partial charge on any atom is 0.251 e. The number of rotatable bonds is 9. The van der Waals surface area contributed by atoms with Crippen LogP contribution in [0, 0.1) is 17.2 Å². The first kappa shape index (κ1) is 30.5. The molecule has 0 spiro atoms. The third kappa shape index (κ3) is 5.37. The van der Waals surface area contributed by atoms with Crippen molar-refractivity contribution in [2.24, 2.45) is 5.92 Å². The van der Waals surface area contributed by atoms with Gasteiger partial charge in [-0.05, 0) is 91.5 Å². The number of amides is 3. The number of piperidine rings is 1. The SMILES string of the molecule is CCc1nnc(C2(C[C@H](C)NCC(=O)N3C(C#N)C[C@@H]4C[C@@H]43)c3ccc(C(=O)NC)cc3CCc3cc(C(=O)NC)ccc32)o1. The van der Waals surface area contributed by atoms with Crippen LogP contribution in [0.4, 0.5) is 0 Å². The fraction of sp³-hybridized carbons (Fsp3) is 0.471. The van der Waals surface area contributed by atoms with Crippen LogP contribution >= 0.6 is 0 Å². The van der Waals surface area contributed by atoms with E-state index in [-0.39, 0.29) is 42.4 Å². The van der Waals surface area contributed by atoms with E-state index in [1.54, 1.807) is 19.0 Å². The molecule has 1 saturated heterocycles. The summed E-state index contributed by atoms with van der Waals surface area (Å²) in [6.45, 7) is 4.09. The second-order valence-electron chi connectivity index (χ2n) is 12.4. The zero-order valence-electron chi connectivity index (χ0n) is 26.1. The highest BCUT2D eigenvalue weighted by atomic mass is 16.4. The van der Waals surface area contributed by atoms with Crippen LogP contribution in [0.3, 0.4) is 0 Å². The van der Waals surface area contributed by atoms with Gasteiger partial charge < -0.3 is 25.3 Å². The molecule has 0 bridgehead atoms. The van der Waals surface area contributed by atoms with Gasteiger partial charge in [0.2, 0.25) is 17.7 Å². The topological polar surface area (TPSA) is 153 Å². The van der Waals surface area contributed by atoms with Crippen LogP contribution in [-0.4, -0.2) is 71.6 Å². The molecule has 3 amide bonds. The van der Waals surface area contributed by atoms with Crippen LogP contribution < -0.4 is 16.0 Å². The third-order valence-electron chi connectivity index (χ3n) is 9.66. The second kappa shape index (κ2) is 12.1. The predicted octanol–water partition coefficient (Wildman–Crippen LogP) is 2.67. The average Bonchev–Trinajstić information content (AvgIpc) is 3.50. The van der Waals surface area contributed by atoms with Gasteiger partial charge in [0.15, 0.2) is 0 Å². The Morgan fingerprint density at radius 1 is 1.02 bits per heavy atom. The average molecular weight is 610 g/mol. The zero-order chi connectivity index (χ0) is 31.9. The van der Waals surface area contributed by atoms with Crippen molar-refractivity contribution >= 4 is 17.7 Å². The molecular formula is C34H39N7O4. The minimum absolute atomic E-state index is 0.0642. The van der Waals surface area contributed by atoms with Crippen molar-refractivity contribution in [2.45, 2.75) is 75.9 Å². The first-order valence-corrected chi connectivity index (χ1v) is 15.7. The summed E-state index contributed by atoms with van der Waals surface area (Å²) < 4.78 is 6.38. The number of hydrogen-bond donors (Lipinski definition) is 3. The van der Waals surface area contributed by atoms with Crippen LogP contribution in [0.5, 0.6) is 0 Å². The Balaban J connectivity index is 1.44. The zero-order valence-corrected chi connectivity index (χ0v) is 26.1. The first-order valence-electron chi connectivity index (χ1n) is 15.7. The smallest absolute Gasteiger partial charge is 0.251 e. The van der Waals surface area contributed by atoms with Crippen LogP contribution in [0.15, 0.2) is 40.8 Å². The highest BCUT2D eigenvalue weighted by Crippen LogP contribution is 2.49. The van der Waals surface area contributed by atoms with E-state index in [9.17, 15) is 19.6 Å². The van der Waals surface area contributed by atoms with Gasteiger partial charge in [-0.3, -0.25) is 14.4 Å². The molecule has 2 aliphatic carbocycles. The van der Waals surface area contributed by atoms with Crippen molar-refractivity contribution in [3.05, 3.63) is 81.6 Å². The molecule has 1 unspecified atom stereocenters. The highest BCUT2D eigenvalue weighted by molar-refractivity contribution is 5.95. The summed E-state index contributed by atoms with van der Waals surface area (Å²) in [6, 6.07) is 13.3. The van der Waals surface area contributed by atoms with E-state index in [0.717, 1.165) is 35.1 Å². The molecule has 2 aromatic carbocycles. The maximum atomic E-state index is 13.3. The van der Waals surface area contributed by atoms with Gasteiger partial charge in [0.05, 0.1) is 12.6 Å². The third-order valence-corrected chi connectivity index (χ3v) is 9.66. The molecule has 3 aromatic rings. The molecule has 1 aromatic heterocycles. The Morgan fingerprint density at radius 2 is 1.64 bits per heavy atom. The number of carbonyl (C=O) groups excluding carboxylic acids is 3. The van der Waals surface area contributed by atoms with E-state index in [1.165, 1.54) is 0 Å². The number of nitriles is 1. The second-order valence-corrected chi connectivity index (χ2v) is 12.4. The van der Waals surface area contributed by atoms with Crippen LogP contribution in [-0.2, 0) is 29.5 Å². The van der Waals surface area contributed by atoms with Gasteiger partial charge in [0.1, 0.15) is 11.5 Å². The van der Waals surface area contributed by atoms with Gasteiger partial charge >= 0.3 is 0 Å². The quantitative estimate of drug-likeness (QED) is 0.335. The lowest BCUT2D eigenvalue weighted by molar-refractivity contribution is -0.131. The Hall–Kier alpha value is -4.56. The summed E-state index contributed by atoms with van der Waals surface area (Å²) in [6.07, 6.45) is 4.02. The summed E-state index contributed by atoms with van der Waals surface area (Å²) in [5.41, 5.74) is 3.99. The van der Waals surface area contributed by atoms with E-state index in [4.69, 9.17) is 4.42 Å². The molecule has 4 atom stereocenters. The summed E-state index contributed by atoms with van der Waals surface area (Å²) in [7, 11) is 3.22. The van der Waals surface area contributed by atoms with Crippen molar-refractivity contribution in [3.8, 4) is 6.07 Å². The molecule has 45 heavy (non-hydrogen) atoms. The van der Waals surface area contributed by atoms with Crippen molar-refractivity contribution in [1.82, 2.24) is 31.0 Å². The minimum Gasteiger partial charge on any atom is -0.424 e. The first-order chi connectivity index (χ1) is 21.7. The number of nitrogens with one attached hydrogen (secondary N) is 3. The molecule has 3 N–H and O–H groups in total. The highest BCUT2D eigenvalue weighted by Gasteiger charge is 2.54. The molecule has 2 fully saturated rings. The number of likely N-dealkylation sites (tertiary alicyclic amines) is 1. The van der Waals surface area contributed by atoms with Crippen LogP contribution in [0.2, 0.25) is 0 Å². The fourth-order valence-corrected chi connectivity index (χ4v) is 7.34. The number of fused-ring (bicyclic) bond motifs is 3. The molecular weight excluding hydrogens is 570 g/mol. The monoisotopic (exact) mass is 609 g/mol. The number of aryl methyl sites for hydroxylation is 3. The molecule has 11 heteroatoms. The molecule has 3 aliphatic rings. The number of nitrogens with zero attached hydrogens (tertiary/aromatic N) is 4. The number of carbonyl (C=O) groups is 3. The Morgan fingerprint density at radius 3 is 2.18 bits per heavy atom. The normalized spacial score (nSPS) is 21.4. The molecule has 11 nitrogen and oxygen atoms in total. The molecule has 6 rings (SSSR count). The van der Waals surface area contributed by atoms with Crippen molar-refractivity contribution < 1.29 is 18.8 Å². The molecule has 0 radical (unpaired) electrons. The van der Waals surface area contributed by atoms with E-state index >= 15 is 0 Å². The van der Waals surface area contributed by atoms with E-state index in [2.05, 4.69) is 32.2 Å². The Bertz CT molecular complexity index is 1620. The van der Waals surface area contributed by atoms with Gasteiger partial charge in [-0.25, -0.2) is 0 Å². The molecule has 1 aliphatic heterocycles. The minimum atomic E-state index is -0.941. The summed E-state index contributed by atoms with van der Waals surface area (Å²) in [5.74, 6) is 0.957. The maximum absolute atomic E-state index is 13.3. The molecule has 1 saturated carbocycles. The predicted molar refractivity (Wildman–Crippen MR) is 165 cm³/mol. The largest absolute Gasteiger partial charge is 0.424 e. The van der Waals surface area contributed by atoms with Gasteiger partial charge in [0.25, 0.3) is 11.8 Å². The number of aromatic nitrogens is 2. The summed E-state index contributed by atoms with van der Waals surface area (Å²) >= 11 is 0. The van der Waals surface area contributed by atoms with Crippen molar-refractivity contribution in [3.63, 3.8) is 0 Å². The standard InChI is InChI=1S/C34H39N7O4/c1-5-29-39-40-33(45-29)34(16-19(2)38-18-30(42)41-25(17-35)14-24-15-28(24)41)26-10-8-22(31(43)36-3)12-20(26)6-7-21-13-23(32(44)37-4)9-11-27(21)34/h8-13,19,24-25,28,38H,5-7,14-16,18H2,1-4H3,(H,36,43)(H,37,44)/t19-,24+,25?,28-/m0/s1. The molecule has 234 valence electrons. The number of benzene rings is 2. The fourth-order valence-electron chi connectivity index (χ4n) is 7.34. The molecule has 2 heterocycles. The van der Waals surface area contributed by atoms with Gasteiger partial charge in [-0.1, -0.05) is 19.1 Å². The lowest BCUT2D eigenvalue weighted by Crippen LogP contribution is -2.46. The summed E-state index contributed by atoms with van der Waals surface area (Å²) in [5, 5.41) is 27.5. The lowest BCUT2D eigenvalue weighted by atomic mass is 9.68. The van der Waals surface area contributed by atoms with Crippen LogP contribution in [0.25, 0.3) is 0 Å². The Kier molecular flexibility index (Phi) is 8.18. The lowest BCUT2D eigenvalue weighted by Gasteiger charge is -2.36. The van der Waals surface area contributed by atoms with Crippen molar-refractivity contribution in [2.75, 3.05) is 20.6 Å². The number of hydrogen-bond acceptors (Lipinski definition) is 8. The van der Waals surface area contributed by atoms with Crippen molar-refractivity contribution in [1.29, 1.82) is 5.26 Å². The van der Waals surface area contributed by atoms with Gasteiger partial charge in [-0.2, -0.15) is 5.26 Å². The van der Waals surface area contributed by atoms with Crippen LogP contribution in [0.1, 0.15) is 87.9 Å². The summed E-state index contributed by atoms with van der Waals surface area (Å²) in [4.78, 5) is 40.5. The van der Waals surface area contributed by atoms with E-state index in [1.807, 2.05) is 50.2 Å². The van der Waals surface area contributed by atoms with E-state index in [0.29, 0.717) is 54.5 Å².